The van der Waals surface area contributed by atoms with Crippen molar-refractivity contribution >= 4 is 40.1 Å². The number of hydrogen-bond donors (Lipinski definition) is 2. The highest BCUT2D eigenvalue weighted by Gasteiger charge is 2.21. The van der Waals surface area contributed by atoms with Crippen molar-refractivity contribution in [2.45, 2.75) is 26.7 Å². The summed E-state index contributed by atoms with van der Waals surface area (Å²) in [6.45, 7) is 4.34. The van der Waals surface area contributed by atoms with Crippen molar-refractivity contribution in [3.05, 3.63) is 69.1 Å². The summed E-state index contributed by atoms with van der Waals surface area (Å²) in [5.74, 6) is -0.248. The minimum atomic E-state index is -1.01. The maximum atomic E-state index is 12.0. The van der Waals surface area contributed by atoms with E-state index in [0.717, 1.165) is 44.0 Å². The normalized spacial score (nSPS) is 11.3. The number of aryl methyl sites for hydroxylation is 4. The van der Waals surface area contributed by atoms with Crippen LogP contribution in [0.15, 0.2) is 36.7 Å². The van der Waals surface area contributed by atoms with Crippen LogP contribution in [0.25, 0.3) is 22.0 Å². The molecular weight excluding hydrogens is 449 g/mol. The maximum Gasteiger partial charge on any atom is 0.352 e. The molecule has 4 aromatic rings. The molecule has 0 saturated carbocycles. The highest BCUT2D eigenvalue weighted by Crippen LogP contribution is 2.37. The van der Waals surface area contributed by atoms with E-state index in [9.17, 15) is 9.90 Å². The van der Waals surface area contributed by atoms with Crippen molar-refractivity contribution in [3.63, 3.8) is 0 Å². The number of aromatic nitrogens is 3. The van der Waals surface area contributed by atoms with Crippen LogP contribution in [0.5, 0.6) is 5.75 Å². The molecule has 8 heteroatoms. The lowest BCUT2D eigenvalue weighted by atomic mass is 10.0. The molecule has 0 saturated heterocycles. The fraction of sp³-hybridized carbons (Fsp3) is 0.250. The summed E-state index contributed by atoms with van der Waals surface area (Å²) in [4.78, 5) is 15.0. The molecule has 166 valence electrons. The predicted molar refractivity (Wildman–Crippen MR) is 127 cm³/mol. The van der Waals surface area contributed by atoms with Crippen LogP contribution in [0.4, 0.5) is 0 Å². The third-order valence-electron chi connectivity index (χ3n) is 5.49. The lowest BCUT2D eigenvalue weighted by molar-refractivity contribution is 0.0690. The molecule has 0 bridgehead atoms. The lowest BCUT2D eigenvalue weighted by Crippen LogP contribution is -2.04. The Kier molecular flexibility index (Phi) is 6.17. The molecule has 2 aromatic carbocycles. The van der Waals surface area contributed by atoms with E-state index in [1.807, 2.05) is 45.3 Å². The third kappa shape index (κ3) is 4.20. The summed E-state index contributed by atoms with van der Waals surface area (Å²) in [7, 11) is 1.82. The number of benzene rings is 2. The van der Waals surface area contributed by atoms with Gasteiger partial charge in [0.15, 0.2) is 0 Å². The molecule has 4 rings (SSSR count). The lowest BCUT2D eigenvalue weighted by Gasteiger charge is -2.10. The van der Waals surface area contributed by atoms with Gasteiger partial charge in [-0.15, -0.1) is 0 Å². The zero-order valence-electron chi connectivity index (χ0n) is 18.0. The van der Waals surface area contributed by atoms with Crippen LogP contribution in [0.2, 0.25) is 10.0 Å². The summed E-state index contributed by atoms with van der Waals surface area (Å²) < 4.78 is 7.58. The molecule has 6 nitrogen and oxygen atoms in total. The molecule has 0 unspecified atom stereocenters. The minimum absolute atomic E-state index is 0.172. The quantitative estimate of drug-likeness (QED) is 0.314. The molecule has 32 heavy (non-hydrogen) atoms. The van der Waals surface area contributed by atoms with Gasteiger partial charge < -0.3 is 14.8 Å². The van der Waals surface area contributed by atoms with Crippen molar-refractivity contribution in [2.75, 3.05) is 6.61 Å². The minimum Gasteiger partial charge on any atom is -0.494 e. The summed E-state index contributed by atoms with van der Waals surface area (Å²) >= 11 is 12.7. The summed E-state index contributed by atoms with van der Waals surface area (Å²) in [6, 6.07) is 7.48. The van der Waals surface area contributed by atoms with E-state index in [0.29, 0.717) is 30.0 Å². The van der Waals surface area contributed by atoms with E-state index in [1.54, 1.807) is 16.9 Å². The Hall–Kier alpha value is -2.96. The van der Waals surface area contributed by atoms with Gasteiger partial charge >= 0.3 is 5.97 Å². The van der Waals surface area contributed by atoms with Gasteiger partial charge in [0.05, 0.1) is 23.3 Å². The Morgan fingerprint density at radius 1 is 1.22 bits per heavy atom. The second-order valence-electron chi connectivity index (χ2n) is 7.85. The second kappa shape index (κ2) is 8.88. The monoisotopic (exact) mass is 471 g/mol. The molecular formula is C24H23Cl2N3O3. The fourth-order valence-corrected chi connectivity index (χ4v) is 4.37. The Bertz CT molecular complexity index is 1300. The summed E-state index contributed by atoms with van der Waals surface area (Å²) in [5.41, 5.74) is 5.10. The number of ether oxygens (including phenoxy) is 1. The number of rotatable bonds is 7. The van der Waals surface area contributed by atoms with Crippen LogP contribution in [-0.2, 0) is 13.5 Å². The fourth-order valence-electron chi connectivity index (χ4n) is 4.00. The van der Waals surface area contributed by atoms with Gasteiger partial charge in [0, 0.05) is 34.8 Å². The SMILES string of the molecule is Cc1cc(OCCCc2c(C(=O)O)[nH]c3c(-c4cnn(C)c4)c(Cl)ccc23)cc(C)c1Cl. The van der Waals surface area contributed by atoms with Crippen molar-refractivity contribution in [3.8, 4) is 16.9 Å². The van der Waals surface area contributed by atoms with E-state index in [2.05, 4.69) is 10.1 Å². The van der Waals surface area contributed by atoms with Gasteiger partial charge in [-0.2, -0.15) is 5.10 Å². The molecule has 0 aliphatic heterocycles. The Labute approximate surface area is 195 Å². The van der Waals surface area contributed by atoms with E-state index in [1.165, 1.54) is 0 Å². The number of halogens is 2. The molecule has 2 N–H and O–H groups in total. The van der Waals surface area contributed by atoms with Crippen molar-refractivity contribution in [2.24, 2.45) is 7.05 Å². The van der Waals surface area contributed by atoms with Gasteiger partial charge in [0.1, 0.15) is 11.4 Å². The zero-order valence-corrected chi connectivity index (χ0v) is 19.5. The van der Waals surface area contributed by atoms with E-state index in [-0.39, 0.29) is 5.69 Å². The number of H-pyrrole nitrogens is 1. The predicted octanol–water partition coefficient (Wildman–Crippen LogP) is 6.20. The molecule has 0 aliphatic rings. The molecule has 2 heterocycles. The number of aromatic amines is 1. The molecule has 2 aromatic heterocycles. The topological polar surface area (TPSA) is 80.1 Å². The van der Waals surface area contributed by atoms with Crippen molar-refractivity contribution in [1.29, 1.82) is 0 Å². The first-order valence-corrected chi connectivity index (χ1v) is 11.0. The second-order valence-corrected chi connectivity index (χ2v) is 8.64. The van der Waals surface area contributed by atoms with Gasteiger partial charge in [0.2, 0.25) is 0 Å². The molecule has 0 spiro atoms. The number of nitrogens with one attached hydrogen (secondary N) is 1. The van der Waals surface area contributed by atoms with Crippen LogP contribution < -0.4 is 4.74 Å². The smallest absolute Gasteiger partial charge is 0.352 e. The maximum absolute atomic E-state index is 12.0. The first-order valence-electron chi connectivity index (χ1n) is 10.2. The van der Waals surface area contributed by atoms with Gasteiger partial charge in [-0.3, -0.25) is 4.68 Å². The highest BCUT2D eigenvalue weighted by atomic mass is 35.5. The first kappa shape index (κ1) is 22.2. The van der Waals surface area contributed by atoms with Crippen molar-refractivity contribution < 1.29 is 14.6 Å². The Balaban J connectivity index is 1.61. The van der Waals surface area contributed by atoms with Crippen LogP contribution in [0, 0.1) is 13.8 Å². The molecule has 0 fully saturated rings. The van der Waals surface area contributed by atoms with E-state index < -0.39 is 5.97 Å². The number of fused-ring (bicyclic) bond motifs is 1. The Morgan fingerprint density at radius 2 is 1.94 bits per heavy atom. The van der Waals surface area contributed by atoms with Crippen LogP contribution in [0.3, 0.4) is 0 Å². The summed E-state index contributed by atoms with van der Waals surface area (Å²) in [5, 5.41) is 16.1. The van der Waals surface area contributed by atoms with Gasteiger partial charge in [0.25, 0.3) is 0 Å². The van der Waals surface area contributed by atoms with Gasteiger partial charge in [-0.05, 0) is 61.6 Å². The molecule has 0 atom stereocenters. The zero-order chi connectivity index (χ0) is 23.0. The average molecular weight is 472 g/mol. The molecule has 0 aliphatic carbocycles. The third-order valence-corrected chi connectivity index (χ3v) is 6.40. The standard InChI is InChI=1S/C24H23Cl2N3O3/c1-13-9-16(10-14(2)21(13)26)32-8-4-5-17-18-6-7-19(25)20(15-11-27-29(3)12-15)22(18)28-23(17)24(30)31/h6-7,9-12,28H,4-5,8H2,1-3H3,(H,30,31). The summed E-state index contributed by atoms with van der Waals surface area (Å²) in [6.07, 6.45) is 4.76. The number of aromatic carboxylic acids is 1. The number of hydrogen-bond acceptors (Lipinski definition) is 3. The largest absolute Gasteiger partial charge is 0.494 e. The highest BCUT2D eigenvalue weighted by molar-refractivity contribution is 6.35. The van der Waals surface area contributed by atoms with Gasteiger partial charge in [-0.25, -0.2) is 4.79 Å². The first-order chi connectivity index (χ1) is 15.3. The number of carbonyl (C=O) groups is 1. The Morgan fingerprint density at radius 3 is 2.56 bits per heavy atom. The molecule has 0 amide bonds. The van der Waals surface area contributed by atoms with Gasteiger partial charge in [-0.1, -0.05) is 29.3 Å². The van der Waals surface area contributed by atoms with E-state index >= 15 is 0 Å². The average Bonchev–Trinajstić information content (AvgIpc) is 3.33. The number of carboxylic acid groups (broad SMARTS) is 1. The molecule has 0 radical (unpaired) electrons. The van der Waals surface area contributed by atoms with Crippen molar-refractivity contribution in [1.82, 2.24) is 14.8 Å². The van der Waals surface area contributed by atoms with Crippen LogP contribution >= 0.6 is 23.2 Å². The van der Waals surface area contributed by atoms with Crippen LogP contribution in [0.1, 0.15) is 33.6 Å². The van der Waals surface area contributed by atoms with Crippen LogP contribution in [-0.4, -0.2) is 32.4 Å². The number of carboxylic acids is 1. The number of nitrogens with zero attached hydrogens (tertiary/aromatic N) is 2. The van der Waals surface area contributed by atoms with E-state index in [4.69, 9.17) is 27.9 Å².